The van der Waals surface area contributed by atoms with Gasteiger partial charge in [0.2, 0.25) is 5.76 Å². The zero-order valence-electron chi connectivity index (χ0n) is 19.0. The summed E-state index contributed by atoms with van der Waals surface area (Å²) in [6.45, 7) is 1.97. The van der Waals surface area contributed by atoms with Crippen LogP contribution in [0.3, 0.4) is 0 Å². The molecule has 1 aromatic heterocycles. The van der Waals surface area contributed by atoms with Gasteiger partial charge in [0.05, 0.1) is 17.0 Å². The molecule has 1 aliphatic rings. The zero-order chi connectivity index (χ0) is 23.9. The first-order chi connectivity index (χ1) is 17.1. The Bertz CT molecular complexity index is 1640. The van der Waals surface area contributed by atoms with Gasteiger partial charge in [0.1, 0.15) is 17.1 Å². The van der Waals surface area contributed by atoms with Crippen molar-refractivity contribution < 1.29 is 13.9 Å². The van der Waals surface area contributed by atoms with Gasteiger partial charge < -0.3 is 9.15 Å². The third kappa shape index (κ3) is 3.58. The number of nitrogens with zero attached hydrogens (tertiary/aromatic N) is 1. The van der Waals surface area contributed by atoms with Gasteiger partial charge in [0.25, 0.3) is 5.91 Å². The molecule has 0 saturated carbocycles. The standard InChI is InChI=1S/C30H21NO4/c1-19-9-7-11-21(17-19)31-27(20-10-8-14-23(18-20)34-22-12-3-2-4-13-22)26-28(32)24-15-5-6-16-25(24)35-29(26)30(31)33/h2-18,27H,1H3. The van der Waals surface area contributed by atoms with Gasteiger partial charge in [-0.15, -0.1) is 0 Å². The van der Waals surface area contributed by atoms with Crippen LogP contribution in [0.1, 0.15) is 33.3 Å². The normalized spacial score (nSPS) is 14.8. The number of aryl methyl sites for hydroxylation is 1. The largest absolute Gasteiger partial charge is 0.457 e. The van der Waals surface area contributed by atoms with E-state index in [2.05, 4.69) is 0 Å². The van der Waals surface area contributed by atoms with Crippen LogP contribution < -0.4 is 15.1 Å². The summed E-state index contributed by atoms with van der Waals surface area (Å²) in [6.07, 6.45) is 0. The molecule has 0 radical (unpaired) electrons. The number of anilines is 1. The number of carbonyl (C=O) groups excluding carboxylic acids is 1. The Balaban J connectivity index is 1.56. The van der Waals surface area contributed by atoms with Crippen molar-refractivity contribution in [1.82, 2.24) is 0 Å². The number of fused-ring (bicyclic) bond motifs is 2. The molecule has 0 spiro atoms. The molecule has 6 rings (SSSR count). The lowest BCUT2D eigenvalue weighted by atomic mass is 9.98. The second-order valence-electron chi connectivity index (χ2n) is 8.57. The molecule has 0 aliphatic carbocycles. The van der Waals surface area contributed by atoms with Gasteiger partial charge in [-0.25, -0.2) is 0 Å². The fraction of sp³-hybridized carbons (Fsp3) is 0.0667. The Morgan fingerprint density at radius 2 is 1.51 bits per heavy atom. The van der Waals surface area contributed by atoms with Crippen LogP contribution in [0.15, 0.2) is 112 Å². The minimum Gasteiger partial charge on any atom is -0.457 e. The number of para-hydroxylation sites is 2. The first-order valence-corrected chi connectivity index (χ1v) is 11.4. The van der Waals surface area contributed by atoms with E-state index in [0.717, 1.165) is 11.1 Å². The number of rotatable bonds is 4. The molecule has 0 fully saturated rings. The van der Waals surface area contributed by atoms with E-state index in [1.54, 1.807) is 29.2 Å². The van der Waals surface area contributed by atoms with Crippen molar-refractivity contribution in [2.75, 3.05) is 4.90 Å². The molecule has 35 heavy (non-hydrogen) atoms. The van der Waals surface area contributed by atoms with Crippen LogP contribution in [-0.2, 0) is 0 Å². The molecule has 5 heteroatoms. The van der Waals surface area contributed by atoms with Gasteiger partial charge >= 0.3 is 0 Å². The van der Waals surface area contributed by atoms with Gasteiger partial charge in [-0.05, 0) is 66.6 Å². The van der Waals surface area contributed by atoms with Crippen molar-refractivity contribution in [3.05, 3.63) is 136 Å². The van der Waals surface area contributed by atoms with Gasteiger partial charge in [-0.2, -0.15) is 0 Å². The summed E-state index contributed by atoms with van der Waals surface area (Å²) in [6, 6.07) is 31.0. The Labute approximate surface area is 201 Å². The van der Waals surface area contributed by atoms with Crippen molar-refractivity contribution in [3.63, 3.8) is 0 Å². The highest BCUT2D eigenvalue weighted by Crippen LogP contribution is 2.42. The lowest BCUT2D eigenvalue weighted by Gasteiger charge is -2.26. The Kier molecular flexibility index (Phi) is 4.96. The summed E-state index contributed by atoms with van der Waals surface area (Å²) in [4.78, 5) is 29.1. The number of amides is 1. The first kappa shape index (κ1) is 20.9. The summed E-state index contributed by atoms with van der Waals surface area (Å²) in [7, 11) is 0. The molecular formula is C30H21NO4. The number of hydrogen-bond acceptors (Lipinski definition) is 4. The van der Waals surface area contributed by atoms with Crippen LogP contribution in [0.4, 0.5) is 5.69 Å². The molecule has 0 N–H and O–H groups in total. The van der Waals surface area contributed by atoms with Crippen molar-refractivity contribution in [3.8, 4) is 11.5 Å². The molecular weight excluding hydrogens is 438 g/mol. The molecule has 0 saturated heterocycles. The minimum atomic E-state index is -0.653. The van der Waals surface area contributed by atoms with Crippen LogP contribution >= 0.6 is 0 Å². The first-order valence-electron chi connectivity index (χ1n) is 11.4. The van der Waals surface area contributed by atoms with Crippen LogP contribution in [-0.4, -0.2) is 5.91 Å². The fourth-order valence-corrected chi connectivity index (χ4v) is 4.65. The summed E-state index contributed by atoms with van der Waals surface area (Å²) in [5, 5.41) is 0.451. The smallest absolute Gasteiger partial charge is 0.295 e. The molecule has 5 nitrogen and oxygen atoms in total. The maximum absolute atomic E-state index is 13.7. The summed E-state index contributed by atoms with van der Waals surface area (Å²) >= 11 is 0. The summed E-state index contributed by atoms with van der Waals surface area (Å²) < 4.78 is 12.1. The monoisotopic (exact) mass is 459 g/mol. The van der Waals surface area contributed by atoms with E-state index in [0.29, 0.717) is 33.7 Å². The quantitative estimate of drug-likeness (QED) is 0.302. The second-order valence-corrected chi connectivity index (χ2v) is 8.57. The molecule has 5 aromatic rings. The fourth-order valence-electron chi connectivity index (χ4n) is 4.65. The Morgan fingerprint density at radius 3 is 2.34 bits per heavy atom. The van der Waals surface area contributed by atoms with Crippen LogP contribution in [0.2, 0.25) is 0 Å². The van der Waals surface area contributed by atoms with E-state index in [1.165, 1.54) is 0 Å². The zero-order valence-corrected chi connectivity index (χ0v) is 19.0. The third-order valence-electron chi connectivity index (χ3n) is 6.21. The maximum atomic E-state index is 13.7. The molecule has 170 valence electrons. The van der Waals surface area contributed by atoms with Gasteiger partial charge in [-0.3, -0.25) is 14.5 Å². The molecule has 0 bridgehead atoms. The molecule has 1 amide bonds. The highest BCUT2D eigenvalue weighted by atomic mass is 16.5. The van der Waals surface area contributed by atoms with E-state index in [9.17, 15) is 9.59 Å². The second kappa shape index (κ2) is 8.29. The SMILES string of the molecule is Cc1cccc(N2C(=O)c3oc4ccccc4c(=O)c3C2c2cccc(Oc3ccccc3)c2)c1. The highest BCUT2D eigenvalue weighted by Gasteiger charge is 2.43. The Hall–Kier alpha value is -4.64. The van der Waals surface area contributed by atoms with Crippen molar-refractivity contribution in [2.45, 2.75) is 13.0 Å². The van der Waals surface area contributed by atoms with E-state index in [-0.39, 0.29) is 17.1 Å². The number of ether oxygens (including phenoxy) is 1. The molecule has 1 aliphatic heterocycles. The third-order valence-corrected chi connectivity index (χ3v) is 6.21. The van der Waals surface area contributed by atoms with Crippen molar-refractivity contribution >= 4 is 22.6 Å². The van der Waals surface area contributed by atoms with E-state index >= 15 is 0 Å². The average Bonchev–Trinajstić information content (AvgIpc) is 3.17. The van der Waals surface area contributed by atoms with Crippen molar-refractivity contribution in [1.29, 1.82) is 0 Å². The van der Waals surface area contributed by atoms with Gasteiger partial charge in [0.15, 0.2) is 5.43 Å². The highest BCUT2D eigenvalue weighted by molar-refractivity contribution is 6.10. The van der Waals surface area contributed by atoms with Gasteiger partial charge in [0, 0.05) is 5.69 Å². The summed E-state index contributed by atoms with van der Waals surface area (Å²) in [5.41, 5.74) is 3.00. The topological polar surface area (TPSA) is 59.8 Å². The molecule has 2 heterocycles. The van der Waals surface area contributed by atoms with E-state index in [4.69, 9.17) is 9.15 Å². The predicted molar refractivity (Wildman–Crippen MR) is 135 cm³/mol. The lowest BCUT2D eigenvalue weighted by molar-refractivity contribution is 0.0971. The summed E-state index contributed by atoms with van der Waals surface area (Å²) in [5.74, 6) is 1.06. The predicted octanol–water partition coefficient (Wildman–Crippen LogP) is 6.64. The van der Waals surface area contributed by atoms with Crippen LogP contribution in [0.25, 0.3) is 11.0 Å². The molecule has 1 atom stereocenters. The molecule has 1 unspecified atom stereocenters. The van der Waals surface area contributed by atoms with E-state index in [1.807, 2.05) is 85.8 Å². The van der Waals surface area contributed by atoms with E-state index < -0.39 is 6.04 Å². The number of benzene rings is 4. The minimum absolute atomic E-state index is 0.0783. The maximum Gasteiger partial charge on any atom is 0.295 e. The Morgan fingerprint density at radius 1 is 0.771 bits per heavy atom. The van der Waals surface area contributed by atoms with Crippen LogP contribution in [0, 0.1) is 6.92 Å². The number of carbonyl (C=O) groups is 1. The molecule has 4 aromatic carbocycles. The van der Waals surface area contributed by atoms with Crippen molar-refractivity contribution in [2.24, 2.45) is 0 Å². The van der Waals surface area contributed by atoms with Crippen LogP contribution in [0.5, 0.6) is 11.5 Å². The average molecular weight is 460 g/mol. The van der Waals surface area contributed by atoms with Gasteiger partial charge in [-0.1, -0.05) is 54.6 Å². The lowest BCUT2D eigenvalue weighted by Crippen LogP contribution is -2.29. The number of hydrogen-bond donors (Lipinski definition) is 0.